The van der Waals surface area contributed by atoms with Crippen LogP contribution in [0.3, 0.4) is 0 Å². The molecule has 0 aromatic carbocycles. The van der Waals surface area contributed by atoms with E-state index in [1.165, 1.54) is 25.7 Å². The van der Waals surface area contributed by atoms with Crippen molar-refractivity contribution in [1.29, 1.82) is 0 Å². The van der Waals surface area contributed by atoms with Gasteiger partial charge in [0.25, 0.3) is 0 Å². The van der Waals surface area contributed by atoms with Crippen LogP contribution in [0.25, 0.3) is 0 Å². The molecule has 0 amide bonds. The first kappa shape index (κ1) is 14.4. The van der Waals surface area contributed by atoms with Crippen LogP contribution < -0.4 is 0 Å². The minimum Gasteiger partial charge on any atom is -0.299 e. The molecule has 0 aliphatic heterocycles. The van der Waals surface area contributed by atoms with Gasteiger partial charge in [-0.25, -0.2) is 0 Å². The molecule has 0 saturated carbocycles. The second-order valence-electron chi connectivity index (χ2n) is 4.69. The maximum atomic E-state index is 11.7. The highest BCUT2D eigenvalue weighted by Gasteiger charge is 2.11. The predicted molar refractivity (Wildman–Crippen MR) is 67.0 cm³/mol. The summed E-state index contributed by atoms with van der Waals surface area (Å²) in [5.41, 5.74) is 1.11. The van der Waals surface area contributed by atoms with E-state index in [0.29, 0.717) is 5.78 Å². The van der Waals surface area contributed by atoms with Gasteiger partial charge < -0.3 is 0 Å². The molecular weight excluding hydrogens is 184 g/mol. The number of carbonyl (C=O) groups is 1. The topological polar surface area (TPSA) is 17.1 Å². The van der Waals surface area contributed by atoms with Gasteiger partial charge in [-0.3, -0.25) is 4.79 Å². The molecule has 0 radical (unpaired) electrons. The predicted octanol–water partition coefficient (Wildman–Crippen LogP) is 4.52. The SMILES string of the molecule is C=C(C)CC(C)C(=O)CCCCCCC. The molecular formula is C14H26O. The minimum absolute atomic E-state index is 0.175. The number of rotatable bonds is 9. The monoisotopic (exact) mass is 210 g/mol. The summed E-state index contributed by atoms with van der Waals surface area (Å²) in [6, 6.07) is 0. The lowest BCUT2D eigenvalue weighted by molar-refractivity contribution is -0.122. The van der Waals surface area contributed by atoms with E-state index in [-0.39, 0.29) is 5.92 Å². The molecule has 0 fully saturated rings. The summed E-state index contributed by atoms with van der Waals surface area (Å²) in [6.07, 6.45) is 7.73. The first-order valence-corrected chi connectivity index (χ1v) is 6.25. The molecule has 0 aromatic heterocycles. The van der Waals surface area contributed by atoms with Crippen LogP contribution >= 0.6 is 0 Å². The fraction of sp³-hybridized carbons (Fsp3) is 0.786. The zero-order chi connectivity index (χ0) is 11.7. The Balaban J connectivity index is 3.51. The normalized spacial score (nSPS) is 12.5. The molecule has 88 valence electrons. The fourth-order valence-electron chi connectivity index (χ4n) is 1.79. The molecule has 0 rings (SSSR count). The van der Waals surface area contributed by atoms with Crippen molar-refractivity contribution in [1.82, 2.24) is 0 Å². The lowest BCUT2D eigenvalue weighted by Gasteiger charge is -2.09. The van der Waals surface area contributed by atoms with Crippen LogP contribution in [0.4, 0.5) is 0 Å². The minimum atomic E-state index is 0.175. The molecule has 0 heterocycles. The van der Waals surface area contributed by atoms with E-state index in [0.717, 1.165) is 24.8 Å². The van der Waals surface area contributed by atoms with E-state index in [1.54, 1.807) is 0 Å². The maximum absolute atomic E-state index is 11.7. The molecule has 1 atom stereocenters. The van der Waals surface area contributed by atoms with Crippen LogP contribution in [0.5, 0.6) is 0 Å². The molecule has 1 heteroatoms. The van der Waals surface area contributed by atoms with Gasteiger partial charge in [-0.1, -0.05) is 45.1 Å². The largest absolute Gasteiger partial charge is 0.299 e. The molecule has 0 saturated heterocycles. The van der Waals surface area contributed by atoms with E-state index in [2.05, 4.69) is 13.5 Å². The lowest BCUT2D eigenvalue weighted by atomic mass is 9.95. The highest BCUT2D eigenvalue weighted by molar-refractivity contribution is 5.80. The Kier molecular flexibility index (Phi) is 8.35. The third-order valence-corrected chi connectivity index (χ3v) is 2.73. The van der Waals surface area contributed by atoms with Crippen molar-refractivity contribution in [3.8, 4) is 0 Å². The van der Waals surface area contributed by atoms with Gasteiger partial charge in [0.1, 0.15) is 5.78 Å². The van der Waals surface area contributed by atoms with Crippen LogP contribution in [0.15, 0.2) is 12.2 Å². The Morgan fingerprint density at radius 3 is 2.33 bits per heavy atom. The highest BCUT2D eigenvalue weighted by atomic mass is 16.1. The Morgan fingerprint density at radius 1 is 1.20 bits per heavy atom. The Hall–Kier alpha value is -0.590. The summed E-state index contributed by atoms with van der Waals surface area (Å²) in [4.78, 5) is 11.7. The molecule has 0 N–H and O–H groups in total. The fourth-order valence-corrected chi connectivity index (χ4v) is 1.79. The maximum Gasteiger partial charge on any atom is 0.136 e. The molecule has 15 heavy (non-hydrogen) atoms. The molecule has 0 aromatic rings. The molecule has 1 nitrogen and oxygen atoms in total. The summed E-state index contributed by atoms with van der Waals surface area (Å²) >= 11 is 0. The van der Waals surface area contributed by atoms with Crippen molar-refractivity contribution in [3.63, 3.8) is 0 Å². The first-order chi connectivity index (χ1) is 7.07. The van der Waals surface area contributed by atoms with Crippen LogP contribution in [-0.4, -0.2) is 5.78 Å². The number of allylic oxidation sites excluding steroid dienone is 1. The van der Waals surface area contributed by atoms with Gasteiger partial charge >= 0.3 is 0 Å². The van der Waals surface area contributed by atoms with Crippen molar-refractivity contribution in [2.45, 2.75) is 65.7 Å². The summed E-state index contributed by atoms with van der Waals surface area (Å²) in [5, 5.41) is 0. The molecule has 0 spiro atoms. The third-order valence-electron chi connectivity index (χ3n) is 2.73. The number of carbonyl (C=O) groups excluding carboxylic acids is 1. The van der Waals surface area contributed by atoms with Crippen LogP contribution in [0.1, 0.15) is 65.7 Å². The zero-order valence-electron chi connectivity index (χ0n) is 10.6. The van der Waals surface area contributed by atoms with Crippen LogP contribution in [0.2, 0.25) is 0 Å². The van der Waals surface area contributed by atoms with Crippen molar-refractivity contribution < 1.29 is 4.79 Å². The number of Topliss-reactive ketones (excluding diaryl/α,β-unsaturated/α-hetero) is 1. The summed E-state index contributed by atoms with van der Waals surface area (Å²) in [7, 11) is 0. The second kappa shape index (κ2) is 8.70. The Labute approximate surface area is 95.0 Å². The first-order valence-electron chi connectivity index (χ1n) is 6.25. The Bertz CT molecular complexity index is 194. The smallest absolute Gasteiger partial charge is 0.136 e. The van der Waals surface area contributed by atoms with Gasteiger partial charge in [0.05, 0.1) is 0 Å². The molecule has 0 aliphatic rings. The van der Waals surface area contributed by atoms with Crippen LogP contribution in [-0.2, 0) is 4.79 Å². The van der Waals surface area contributed by atoms with E-state index < -0.39 is 0 Å². The second-order valence-corrected chi connectivity index (χ2v) is 4.69. The van der Waals surface area contributed by atoms with Gasteiger partial charge in [-0.05, 0) is 19.8 Å². The van der Waals surface area contributed by atoms with Crippen molar-refractivity contribution >= 4 is 5.78 Å². The number of unbranched alkanes of at least 4 members (excludes halogenated alkanes) is 4. The lowest BCUT2D eigenvalue weighted by Crippen LogP contribution is -2.10. The summed E-state index contributed by atoms with van der Waals surface area (Å²) in [5.74, 6) is 0.586. The quantitative estimate of drug-likeness (QED) is 0.404. The summed E-state index contributed by atoms with van der Waals surface area (Å²) < 4.78 is 0. The molecule has 0 aliphatic carbocycles. The van der Waals surface area contributed by atoms with Crippen molar-refractivity contribution in [2.75, 3.05) is 0 Å². The Morgan fingerprint density at radius 2 is 1.80 bits per heavy atom. The van der Waals surface area contributed by atoms with Gasteiger partial charge in [0.2, 0.25) is 0 Å². The molecule has 0 bridgehead atoms. The third kappa shape index (κ3) is 8.41. The average Bonchev–Trinajstić information content (AvgIpc) is 2.16. The van der Waals surface area contributed by atoms with E-state index in [1.807, 2.05) is 13.8 Å². The van der Waals surface area contributed by atoms with Crippen molar-refractivity contribution in [2.24, 2.45) is 5.92 Å². The van der Waals surface area contributed by atoms with Crippen molar-refractivity contribution in [3.05, 3.63) is 12.2 Å². The average molecular weight is 210 g/mol. The standard InChI is InChI=1S/C14H26O/c1-5-6-7-8-9-10-14(15)13(4)11-12(2)3/h13H,2,5-11H2,1,3-4H3. The van der Waals surface area contributed by atoms with E-state index >= 15 is 0 Å². The highest BCUT2D eigenvalue weighted by Crippen LogP contribution is 2.14. The zero-order valence-corrected chi connectivity index (χ0v) is 10.6. The summed E-state index contributed by atoms with van der Waals surface area (Å²) in [6.45, 7) is 10.1. The van der Waals surface area contributed by atoms with Gasteiger partial charge in [-0.15, -0.1) is 6.58 Å². The van der Waals surface area contributed by atoms with Gasteiger partial charge in [0.15, 0.2) is 0 Å². The van der Waals surface area contributed by atoms with Gasteiger partial charge in [0, 0.05) is 12.3 Å². The number of hydrogen-bond acceptors (Lipinski definition) is 1. The number of hydrogen-bond donors (Lipinski definition) is 0. The van der Waals surface area contributed by atoms with Crippen LogP contribution in [0, 0.1) is 5.92 Å². The number of ketones is 1. The molecule has 1 unspecified atom stereocenters. The van der Waals surface area contributed by atoms with E-state index in [4.69, 9.17) is 0 Å². The van der Waals surface area contributed by atoms with Gasteiger partial charge in [-0.2, -0.15) is 0 Å². The van der Waals surface area contributed by atoms with E-state index in [9.17, 15) is 4.79 Å².